The van der Waals surface area contributed by atoms with Crippen molar-refractivity contribution in [3.05, 3.63) is 106 Å². The number of benzene rings is 1. The van der Waals surface area contributed by atoms with E-state index in [1.54, 1.807) is 12.4 Å². The summed E-state index contributed by atoms with van der Waals surface area (Å²) in [6.45, 7) is 3.52. The topological polar surface area (TPSA) is 87.5 Å². The van der Waals surface area contributed by atoms with Crippen molar-refractivity contribution in [1.82, 2.24) is 19.8 Å². The minimum atomic E-state index is -0.441. The van der Waals surface area contributed by atoms with Gasteiger partial charge in [0, 0.05) is 61.9 Å². The van der Waals surface area contributed by atoms with Crippen LogP contribution in [0.3, 0.4) is 0 Å². The van der Waals surface area contributed by atoms with E-state index in [1.807, 2.05) is 66.1 Å². The molecule has 2 bridgehead atoms. The summed E-state index contributed by atoms with van der Waals surface area (Å²) in [5, 5.41) is 13.6. The normalized spacial score (nSPS) is 22.8. The van der Waals surface area contributed by atoms with Crippen LogP contribution in [0.15, 0.2) is 77.9 Å². The van der Waals surface area contributed by atoms with Crippen molar-refractivity contribution in [3.8, 4) is 0 Å². The SMILES string of the molecule is C/C=C\c1ccc2n(c1=O)C[C@@H]1[C@@H](CO)[C@H](C(=O)NCCc3ccncc3)[C@H]2N1CCc1ccccc1. The molecule has 2 N–H and O–H groups in total. The predicted molar refractivity (Wildman–Crippen MR) is 144 cm³/mol. The van der Waals surface area contributed by atoms with E-state index in [9.17, 15) is 14.7 Å². The first-order chi connectivity index (χ1) is 18.1. The lowest BCUT2D eigenvalue weighted by Crippen LogP contribution is -2.47. The first-order valence-corrected chi connectivity index (χ1v) is 13.1. The van der Waals surface area contributed by atoms with Gasteiger partial charge in [0.1, 0.15) is 0 Å². The molecule has 2 aliphatic rings. The maximum atomic E-state index is 13.7. The number of fused-ring (bicyclic) bond motifs is 4. The Kier molecular flexibility index (Phi) is 7.63. The molecule has 192 valence electrons. The van der Waals surface area contributed by atoms with Gasteiger partial charge in [-0.3, -0.25) is 19.5 Å². The zero-order valence-electron chi connectivity index (χ0n) is 21.2. The van der Waals surface area contributed by atoms with Crippen LogP contribution >= 0.6 is 0 Å². The van der Waals surface area contributed by atoms with Gasteiger partial charge in [0.25, 0.3) is 5.56 Å². The smallest absolute Gasteiger partial charge is 0.258 e. The molecule has 2 aliphatic heterocycles. The van der Waals surface area contributed by atoms with Crippen LogP contribution in [0.2, 0.25) is 0 Å². The molecule has 0 saturated carbocycles. The van der Waals surface area contributed by atoms with Gasteiger partial charge in [-0.05, 0) is 55.2 Å². The molecule has 0 aliphatic carbocycles. The third-order valence-electron chi connectivity index (χ3n) is 7.81. The zero-order valence-corrected chi connectivity index (χ0v) is 21.2. The monoisotopic (exact) mass is 498 g/mol. The third-order valence-corrected chi connectivity index (χ3v) is 7.81. The summed E-state index contributed by atoms with van der Waals surface area (Å²) in [4.78, 5) is 33.4. The summed E-state index contributed by atoms with van der Waals surface area (Å²) in [6.07, 6.45) is 8.73. The summed E-state index contributed by atoms with van der Waals surface area (Å²) >= 11 is 0. The minimum absolute atomic E-state index is 0.0382. The van der Waals surface area contributed by atoms with Crippen molar-refractivity contribution in [3.63, 3.8) is 0 Å². The average Bonchev–Trinajstić information content (AvgIpc) is 3.15. The highest BCUT2D eigenvalue weighted by Crippen LogP contribution is 2.48. The fraction of sp³-hybridized carbons (Fsp3) is 0.367. The van der Waals surface area contributed by atoms with Crippen LogP contribution in [-0.2, 0) is 24.2 Å². The van der Waals surface area contributed by atoms with E-state index in [4.69, 9.17) is 0 Å². The number of nitrogens with one attached hydrogen (secondary N) is 1. The van der Waals surface area contributed by atoms with Gasteiger partial charge >= 0.3 is 0 Å². The van der Waals surface area contributed by atoms with Crippen LogP contribution in [-0.4, -0.2) is 51.2 Å². The zero-order chi connectivity index (χ0) is 25.8. The number of carbonyl (C=O) groups is 1. The van der Waals surface area contributed by atoms with Crippen molar-refractivity contribution in [2.75, 3.05) is 19.7 Å². The second-order valence-electron chi connectivity index (χ2n) is 9.88. The van der Waals surface area contributed by atoms with Gasteiger partial charge < -0.3 is 15.0 Å². The molecule has 1 aromatic carbocycles. The van der Waals surface area contributed by atoms with Gasteiger partial charge in [-0.2, -0.15) is 0 Å². The predicted octanol–water partition coefficient (Wildman–Crippen LogP) is 2.84. The van der Waals surface area contributed by atoms with E-state index >= 15 is 0 Å². The van der Waals surface area contributed by atoms with Gasteiger partial charge in [-0.1, -0.05) is 42.5 Å². The molecular formula is C30H34N4O3. The summed E-state index contributed by atoms with van der Waals surface area (Å²) in [6, 6.07) is 17.7. The van der Waals surface area contributed by atoms with Crippen LogP contribution in [0.1, 0.15) is 35.3 Å². The molecular weight excluding hydrogens is 464 g/mol. The number of rotatable bonds is 9. The highest BCUT2D eigenvalue weighted by Gasteiger charge is 2.55. The van der Waals surface area contributed by atoms with Gasteiger partial charge in [0.2, 0.25) is 5.91 Å². The van der Waals surface area contributed by atoms with E-state index in [1.165, 1.54) is 5.56 Å². The average molecular weight is 499 g/mol. The van der Waals surface area contributed by atoms with Crippen molar-refractivity contribution in [2.45, 2.75) is 38.4 Å². The quantitative estimate of drug-likeness (QED) is 0.474. The van der Waals surface area contributed by atoms with Gasteiger partial charge in [-0.25, -0.2) is 0 Å². The van der Waals surface area contributed by atoms with Gasteiger partial charge in [0.15, 0.2) is 0 Å². The van der Waals surface area contributed by atoms with Crippen LogP contribution < -0.4 is 10.9 Å². The molecule has 5 rings (SSSR count). The highest BCUT2D eigenvalue weighted by atomic mass is 16.3. The van der Waals surface area contributed by atoms with Crippen molar-refractivity contribution < 1.29 is 9.90 Å². The maximum absolute atomic E-state index is 13.7. The Balaban J connectivity index is 1.45. The second kappa shape index (κ2) is 11.2. The molecule has 0 spiro atoms. The van der Waals surface area contributed by atoms with Crippen LogP contribution in [0.4, 0.5) is 0 Å². The van der Waals surface area contributed by atoms with Gasteiger partial charge in [0.05, 0.1) is 12.0 Å². The van der Waals surface area contributed by atoms with Gasteiger partial charge in [-0.15, -0.1) is 0 Å². The number of aliphatic hydroxyl groups excluding tert-OH is 1. The number of hydrogen-bond donors (Lipinski definition) is 2. The number of aliphatic hydroxyl groups is 1. The van der Waals surface area contributed by atoms with E-state index in [-0.39, 0.29) is 36.1 Å². The Morgan fingerprint density at radius 3 is 2.57 bits per heavy atom. The largest absolute Gasteiger partial charge is 0.396 e. The highest BCUT2D eigenvalue weighted by molar-refractivity contribution is 5.80. The lowest BCUT2D eigenvalue weighted by molar-refractivity contribution is -0.127. The van der Waals surface area contributed by atoms with Crippen LogP contribution in [0.5, 0.6) is 0 Å². The fourth-order valence-corrected chi connectivity index (χ4v) is 6.05. The van der Waals surface area contributed by atoms with E-state index in [2.05, 4.69) is 27.3 Å². The number of allylic oxidation sites excluding steroid dienone is 1. The molecule has 1 saturated heterocycles. The standard InChI is InChI=1S/C30H34N4O3/c1-2-6-23-9-10-25-28-27(29(36)32-17-13-22-11-15-31-16-12-22)24(20-35)26(19-34(25)30(23)37)33(28)18-14-21-7-4-3-5-8-21/h2-12,15-16,24,26-28,35H,13-14,17-20H2,1H3,(H,32,36)/b6-2-/t24-,26-,27+,28+/m1/s1. The molecule has 7 heteroatoms. The summed E-state index contributed by atoms with van der Waals surface area (Å²) in [5.74, 6) is -0.765. The Morgan fingerprint density at radius 2 is 1.84 bits per heavy atom. The molecule has 0 radical (unpaired) electrons. The van der Waals surface area contributed by atoms with Crippen LogP contribution in [0, 0.1) is 11.8 Å². The summed E-state index contributed by atoms with van der Waals surface area (Å²) in [5.41, 5.74) is 3.79. The Bertz CT molecular complexity index is 1310. The second-order valence-corrected chi connectivity index (χ2v) is 9.88. The summed E-state index contributed by atoms with van der Waals surface area (Å²) < 4.78 is 1.83. The number of carbonyl (C=O) groups excluding carboxylic acids is 1. The molecule has 4 heterocycles. The number of aromatic nitrogens is 2. The van der Waals surface area contributed by atoms with Crippen molar-refractivity contribution in [2.24, 2.45) is 11.8 Å². The maximum Gasteiger partial charge on any atom is 0.258 e. The lowest BCUT2D eigenvalue weighted by Gasteiger charge is -2.38. The van der Waals surface area contributed by atoms with E-state index in [0.29, 0.717) is 25.1 Å². The Morgan fingerprint density at radius 1 is 1.08 bits per heavy atom. The minimum Gasteiger partial charge on any atom is -0.396 e. The van der Waals surface area contributed by atoms with E-state index < -0.39 is 5.92 Å². The Labute approximate surface area is 217 Å². The van der Waals surface area contributed by atoms with Crippen molar-refractivity contribution in [1.29, 1.82) is 0 Å². The first kappa shape index (κ1) is 25.1. The fourth-order valence-electron chi connectivity index (χ4n) is 6.05. The number of amides is 1. The van der Waals surface area contributed by atoms with Crippen molar-refractivity contribution >= 4 is 12.0 Å². The number of hydrogen-bond acceptors (Lipinski definition) is 5. The number of nitrogens with zero attached hydrogens (tertiary/aromatic N) is 3. The third kappa shape index (κ3) is 5.02. The molecule has 2 aromatic heterocycles. The molecule has 3 aromatic rings. The first-order valence-electron chi connectivity index (χ1n) is 13.1. The molecule has 1 amide bonds. The van der Waals surface area contributed by atoms with Crippen LogP contribution in [0.25, 0.3) is 6.08 Å². The molecule has 0 unspecified atom stereocenters. The van der Waals surface area contributed by atoms with E-state index in [0.717, 1.165) is 24.2 Å². The molecule has 1 fully saturated rings. The summed E-state index contributed by atoms with van der Waals surface area (Å²) in [7, 11) is 0. The molecule has 4 atom stereocenters. The molecule has 37 heavy (non-hydrogen) atoms. The Hall–Kier alpha value is -3.55. The lowest BCUT2D eigenvalue weighted by atomic mass is 9.86. The number of pyridine rings is 2. The molecule has 7 nitrogen and oxygen atoms in total.